The van der Waals surface area contributed by atoms with Crippen molar-refractivity contribution in [3.05, 3.63) is 16.1 Å². The van der Waals surface area contributed by atoms with Crippen LogP contribution >= 0.6 is 11.3 Å². The van der Waals surface area contributed by atoms with E-state index in [9.17, 15) is 0 Å². The molecule has 2 saturated carbocycles. The zero-order chi connectivity index (χ0) is 8.84. The van der Waals surface area contributed by atoms with Gasteiger partial charge in [0.1, 0.15) is 0 Å². The summed E-state index contributed by atoms with van der Waals surface area (Å²) in [6.07, 6.45) is 4.02. The maximum atomic E-state index is 5.66. The Balaban J connectivity index is 1.84. The first-order chi connectivity index (χ1) is 6.40. The van der Waals surface area contributed by atoms with E-state index in [1.165, 1.54) is 25.0 Å². The highest BCUT2D eigenvalue weighted by molar-refractivity contribution is 7.09. The first-order valence-corrected chi connectivity index (χ1v) is 5.91. The summed E-state index contributed by atoms with van der Waals surface area (Å²) >= 11 is 1.84. The Kier molecular flexibility index (Phi) is 1.70. The van der Waals surface area contributed by atoms with Crippen LogP contribution in [0, 0.1) is 5.92 Å². The van der Waals surface area contributed by atoms with Gasteiger partial charge >= 0.3 is 0 Å². The van der Waals surface area contributed by atoms with Crippen molar-refractivity contribution in [2.75, 3.05) is 6.54 Å². The van der Waals surface area contributed by atoms with Crippen LogP contribution in [0.4, 0.5) is 0 Å². The van der Waals surface area contributed by atoms with Crippen molar-refractivity contribution in [2.24, 2.45) is 11.7 Å². The molecule has 2 N–H and O–H groups in total. The molecule has 2 nitrogen and oxygen atoms in total. The second-order valence-electron chi connectivity index (χ2n) is 4.21. The lowest BCUT2D eigenvalue weighted by molar-refractivity contribution is 0.808. The monoisotopic (exact) mass is 194 g/mol. The number of rotatable bonds is 3. The van der Waals surface area contributed by atoms with Crippen molar-refractivity contribution in [1.29, 1.82) is 0 Å². The van der Waals surface area contributed by atoms with Gasteiger partial charge in [0, 0.05) is 10.8 Å². The van der Waals surface area contributed by atoms with Crippen molar-refractivity contribution in [3.63, 3.8) is 0 Å². The van der Waals surface area contributed by atoms with Crippen LogP contribution in [0.2, 0.25) is 0 Å². The van der Waals surface area contributed by atoms with E-state index in [4.69, 9.17) is 5.73 Å². The molecule has 2 atom stereocenters. The van der Waals surface area contributed by atoms with Gasteiger partial charge in [0.2, 0.25) is 0 Å². The van der Waals surface area contributed by atoms with Crippen LogP contribution in [0.15, 0.2) is 5.51 Å². The van der Waals surface area contributed by atoms with Crippen LogP contribution in [-0.2, 0) is 0 Å². The zero-order valence-corrected chi connectivity index (χ0v) is 8.39. The molecular formula is C10H14N2S. The zero-order valence-electron chi connectivity index (χ0n) is 7.57. The van der Waals surface area contributed by atoms with Crippen molar-refractivity contribution < 1.29 is 0 Å². The molecule has 0 saturated heterocycles. The molecule has 0 amide bonds. The Bertz CT molecular complexity index is 316. The molecule has 3 rings (SSSR count). The molecule has 0 bridgehead atoms. The van der Waals surface area contributed by atoms with Gasteiger partial charge in [-0.1, -0.05) is 0 Å². The number of nitrogens with zero attached hydrogens (tertiary/aromatic N) is 1. The predicted molar refractivity (Wildman–Crippen MR) is 54.0 cm³/mol. The Morgan fingerprint density at radius 2 is 2.38 bits per heavy atom. The summed E-state index contributed by atoms with van der Waals surface area (Å²) in [6.45, 7) is 0.854. The van der Waals surface area contributed by atoms with Gasteiger partial charge in [0.05, 0.1) is 11.2 Å². The maximum Gasteiger partial charge on any atom is 0.0797 e. The third-order valence-corrected chi connectivity index (χ3v) is 4.13. The van der Waals surface area contributed by atoms with Crippen molar-refractivity contribution in [1.82, 2.24) is 4.98 Å². The number of hydrogen-bond acceptors (Lipinski definition) is 3. The minimum absolute atomic E-state index is 0.762. The van der Waals surface area contributed by atoms with E-state index < -0.39 is 0 Å². The molecule has 0 aromatic carbocycles. The average molecular weight is 194 g/mol. The smallest absolute Gasteiger partial charge is 0.0797 e. The molecule has 1 aromatic heterocycles. The van der Waals surface area contributed by atoms with E-state index in [1.54, 1.807) is 4.88 Å². The molecule has 1 aromatic rings. The molecule has 70 valence electrons. The average Bonchev–Trinajstić information content (AvgIpc) is 3.06. The lowest BCUT2D eigenvalue weighted by Gasteiger charge is -1.98. The van der Waals surface area contributed by atoms with Gasteiger partial charge in [-0.05, 0) is 37.6 Å². The van der Waals surface area contributed by atoms with Crippen LogP contribution in [0.25, 0.3) is 0 Å². The Morgan fingerprint density at radius 1 is 1.54 bits per heavy atom. The topological polar surface area (TPSA) is 38.9 Å². The van der Waals surface area contributed by atoms with Gasteiger partial charge < -0.3 is 5.73 Å². The number of aromatic nitrogens is 1. The first-order valence-electron chi connectivity index (χ1n) is 5.03. The fourth-order valence-electron chi connectivity index (χ4n) is 2.03. The van der Waals surface area contributed by atoms with Gasteiger partial charge in [-0.2, -0.15) is 0 Å². The van der Waals surface area contributed by atoms with Crippen molar-refractivity contribution in [3.8, 4) is 0 Å². The quantitative estimate of drug-likeness (QED) is 0.800. The molecule has 0 radical (unpaired) electrons. The normalized spacial score (nSPS) is 32.1. The third kappa shape index (κ3) is 1.30. The van der Waals surface area contributed by atoms with Gasteiger partial charge in [-0.3, -0.25) is 0 Å². The molecule has 2 aliphatic carbocycles. The maximum absolute atomic E-state index is 5.66. The Morgan fingerprint density at radius 3 is 3.00 bits per heavy atom. The Labute approximate surface area is 82.2 Å². The van der Waals surface area contributed by atoms with E-state index in [-0.39, 0.29) is 0 Å². The fourth-order valence-corrected chi connectivity index (χ4v) is 3.12. The second-order valence-corrected chi connectivity index (χ2v) is 5.10. The summed E-state index contributed by atoms with van der Waals surface area (Å²) < 4.78 is 0. The molecule has 0 aliphatic heterocycles. The number of hydrogen-bond donors (Lipinski definition) is 1. The summed E-state index contributed by atoms with van der Waals surface area (Å²) in [5.74, 6) is 2.34. The van der Waals surface area contributed by atoms with Crippen LogP contribution in [0.5, 0.6) is 0 Å². The minimum atomic E-state index is 0.762. The molecule has 1 heterocycles. The molecule has 2 fully saturated rings. The first kappa shape index (κ1) is 7.94. The third-order valence-electron chi connectivity index (χ3n) is 3.15. The highest BCUT2D eigenvalue weighted by atomic mass is 32.1. The van der Waals surface area contributed by atoms with E-state index in [2.05, 4.69) is 4.98 Å². The lowest BCUT2D eigenvalue weighted by Crippen LogP contribution is -2.02. The second kappa shape index (κ2) is 2.79. The van der Waals surface area contributed by atoms with Gasteiger partial charge in [0.25, 0.3) is 0 Å². The van der Waals surface area contributed by atoms with E-state index in [0.29, 0.717) is 0 Å². The molecule has 0 spiro atoms. The SMILES string of the molecule is NC[C@@H]1C[C@H]1c1scnc1C1CC1. The van der Waals surface area contributed by atoms with Crippen LogP contribution in [0.3, 0.4) is 0 Å². The summed E-state index contributed by atoms with van der Waals surface area (Å²) in [4.78, 5) is 6.04. The number of nitrogens with two attached hydrogens (primary N) is 1. The van der Waals surface area contributed by atoms with Gasteiger partial charge in [-0.15, -0.1) is 11.3 Å². The summed E-state index contributed by atoms with van der Waals surface area (Å²) in [6, 6.07) is 0. The molecule has 2 aliphatic rings. The highest BCUT2D eigenvalue weighted by Crippen LogP contribution is 2.53. The minimum Gasteiger partial charge on any atom is -0.330 e. The molecule has 0 unspecified atom stereocenters. The summed E-state index contributed by atoms with van der Waals surface area (Å²) in [5, 5.41) is 0. The Hall–Kier alpha value is -0.410. The van der Waals surface area contributed by atoms with E-state index in [0.717, 1.165) is 24.3 Å². The molecular weight excluding hydrogens is 180 g/mol. The summed E-state index contributed by atoms with van der Waals surface area (Å²) in [7, 11) is 0. The van der Waals surface area contributed by atoms with Crippen LogP contribution in [0.1, 0.15) is 41.7 Å². The van der Waals surface area contributed by atoms with Crippen LogP contribution < -0.4 is 5.73 Å². The van der Waals surface area contributed by atoms with Crippen molar-refractivity contribution in [2.45, 2.75) is 31.1 Å². The van der Waals surface area contributed by atoms with E-state index >= 15 is 0 Å². The summed E-state index contributed by atoms with van der Waals surface area (Å²) in [5.41, 5.74) is 9.07. The molecule has 3 heteroatoms. The lowest BCUT2D eigenvalue weighted by atomic mass is 10.2. The molecule has 13 heavy (non-hydrogen) atoms. The largest absolute Gasteiger partial charge is 0.330 e. The van der Waals surface area contributed by atoms with Gasteiger partial charge in [-0.25, -0.2) is 4.98 Å². The fraction of sp³-hybridized carbons (Fsp3) is 0.700. The van der Waals surface area contributed by atoms with Crippen molar-refractivity contribution >= 4 is 11.3 Å². The van der Waals surface area contributed by atoms with Crippen LogP contribution in [-0.4, -0.2) is 11.5 Å². The van der Waals surface area contributed by atoms with E-state index in [1.807, 2.05) is 16.8 Å². The van der Waals surface area contributed by atoms with Gasteiger partial charge in [0.15, 0.2) is 0 Å². The number of thiazole rings is 1. The predicted octanol–water partition coefficient (Wildman–Crippen LogP) is 2.08. The highest BCUT2D eigenvalue weighted by Gasteiger charge is 2.42. The standard InChI is InChI=1S/C10H14N2S/c11-4-7-3-8(7)10-9(6-1-2-6)12-5-13-10/h5-8H,1-4,11H2/t7-,8+/m0/s1.